The lowest BCUT2D eigenvalue weighted by molar-refractivity contribution is -0.138. The van der Waals surface area contributed by atoms with Gasteiger partial charge >= 0.3 is 5.97 Å². The molecule has 2 heteroatoms. The molecule has 26 heavy (non-hydrogen) atoms. The highest BCUT2D eigenvalue weighted by Gasteiger charge is 2.00. The number of allylic oxidation sites excluding steroid dienone is 3. The highest BCUT2D eigenvalue weighted by atomic mass is 16.5. The molecule has 0 fully saturated rings. The molecule has 0 aliphatic heterocycles. The first-order valence-electron chi connectivity index (χ1n) is 11.3. The van der Waals surface area contributed by atoms with Crippen molar-refractivity contribution in [3.8, 4) is 0 Å². The van der Waals surface area contributed by atoms with Crippen molar-refractivity contribution in [2.45, 2.75) is 123 Å². The average Bonchev–Trinajstić information content (AvgIpc) is 2.64. The van der Waals surface area contributed by atoms with E-state index in [1.165, 1.54) is 77.0 Å². The summed E-state index contributed by atoms with van der Waals surface area (Å²) in [5.74, 6) is -0.0876. The van der Waals surface area contributed by atoms with Crippen molar-refractivity contribution in [1.82, 2.24) is 0 Å². The molecule has 0 aromatic carbocycles. The molecule has 0 aromatic heterocycles. The number of ether oxygens (including phenoxy) is 1. The standard InChI is InChI=1S/C24H44O2/c1-3-5-7-9-10-11-12-13-14-15-16-17-18-19-20-22-24(25)26-23-21-8-6-4-2/h13-14,21,23H,3-12,15-20,22H2,1-2H3/b14-13-,23-21+. The van der Waals surface area contributed by atoms with Crippen LogP contribution in [0.3, 0.4) is 0 Å². The van der Waals surface area contributed by atoms with Crippen LogP contribution in [0.25, 0.3) is 0 Å². The second-order valence-electron chi connectivity index (χ2n) is 7.34. The molecule has 0 unspecified atom stereocenters. The van der Waals surface area contributed by atoms with Crippen molar-refractivity contribution in [3.63, 3.8) is 0 Å². The summed E-state index contributed by atoms with van der Waals surface area (Å²) >= 11 is 0. The monoisotopic (exact) mass is 364 g/mol. The fourth-order valence-corrected chi connectivity index (χ4v) is 2.91. The van der Waals surface area contributed by atoms with Gasteiger partial charge in [-0.05, 0) is 51.0 Å². The third kappa shape index (κ3) is 21.0. The molecule has 2 nitrogen and oxygen atoms in total. The van der Waals surface area contributed by atoms with E-state index in [4.69, 9.17) is 4.74 Å². The molecule has 0 spiro atoms. The van der Waals surface area contributed by atoms with Gasteiger partial charge in [0, 0.05) is 6.42 Å². The number of carbonyl (C=O) groups excluding carboxylic acids is 1. The predicted octanol–water partition coefficient (Wildman–Crippen LogP) is 8.27. The van der Waals surface area contributed by atoms with Crippen LogP contribution in [-0.4, -0.2) is 5.97 Å². The van der Waals surface area contributed by atoms with Gasteiger partial charge in [0.25, 0.3) is 0 Å². The van der Waals surface area contributed by atoms with Crippen LogP contribution in [0.15, 0.2) is 24.5 Å². The van der Waals surface area contributed by atoms with E-state index < -0.39 is 0 Å². The number of unbranched alkanes of at least 4 members (excludes halogenated alkanes) is 13. The Labute approximate surface area is 163 Å². The van der Waals surface area contributed by atoms with Crippen molar-refractivity contribution in [2.75, 3.05) is 0 Å². The maximum absolute atomic E-state index is 11.5. The zero-order valence-corrected chi connectivity index (χ0v) is 17.6. The van der Waals surface area contributed by atoms with Gasteiger partial charge in [0.2, 0.25) is 0 Å². The van der Waals surface area contributed by atoms with E-state index in [9.17, 15) is 4.79 Å². The lowest BCUT2D eigenvalue weighted by atomic mass is 10.1. The molecule has 0 bridgehead atoms. The average molecular weight is 365 g/mol. The lowest BCUT2D eigenvalue weighted by Gasteiger charge is -2.01. The second kappa shape index (κ2) is 22.0. The highest BCUT2D eigenvalue weighted by molar-refractivity contribution is 5.69. The molecular weight excluding hydrogens is 320 g/mol. The molecule has 0 aliphatic carbocycles. The smallest absolute Gasteiger partial charge is 0.310 e. The van der Waals surface area contributed by atoms with Gasteiger partial charge in [0.05, 0.1) is 6.26 Å². The topological polar surface area (TPSA) is 26.3 Å². The second-order valence-corrected chi connectivity index (χ2v) is 7.34. The van der Waals surface area contributed by atoms with E-state index in [-0.39, 0.29) is 5.97 Å². The molecule has 0 aromatic rings. The van der Waals surface area contributed by atoms with Crippen LogP contribution >= 0.6 is 0 Å². The molecule has 0 atom stereocenters. The van der Waals surface area contributed by atoms with Crippen LogP contribution in [-0.2, 0) is 9.53 Å². The minimum atomic E-state index is -0.0876. The van der Waals surface area contributed by atoms with Crippen LogP contribution in [0, 0.1) is 0 Å². The molecule has 0 N–H and O–H groups in total. The minimum absolute atomic E-state index is 0.0876. The summed E-state index contributed by atoms with van der Waals surface area (Å²) in [5.41, 5.74) is 0. The Bertz CT molecular complexity index is 344. The van der Waals surface area contributed by atoms with Gasteiger partial charge in [0.1, 0.15) is 0 Å². The van der Waals surface area contributed by atoms with Crippen LogP contribution in [0.2, 0.25) is 0 Å². The summed E-state index contributed by atoms with van der Waals surface area (Å²) in [6.07, 6.45) is 28.7. The Kier molecular flexibility index (Phi) is 21.1. The van der Waals surface area contributed by atoms with Gasteiger partial charge in [-0.1, -0.05) is 83.8 Å². The van der Waals surface area contributed by atoms with Gasteiger partial charge in [-0.15, -0.1) is 0 Å². The van der Waals surface area contributed by atoms with E-state index in [0.717, 1.165) is 25.7 Å². The fraction of sp³-hybridized carbons (Fsp3) is 0.792. The van der Waals surface area contributed by atoms with E-state index in [0.29, 0.717) is 6.42 Å². The third-order valence-electron chi connectivity index (χ3n) is 4.66. The summed E-state index contributed by atoms with van der Waals surface area (Å²) in [6.45, 7) is 4.43. The van der Waals surface area contributed by atoms with E-state index in [2.05, 4.69) is 26.0 Å². The molecular formula is C24H44O2. The number of carbonyl (C=O) groups is 1. The first-order chi connectivity index (χ1) is 12.8. The van der Waals surface area contributed by atoms with Crippen molar-refractivity contribution < 1.29 is 9.53 Å². The van der Waals surface area contributed by atoms with Crippen LogP contribution in [0.1, 0.15) is 123 Å². The van der Waals surface area contributed by atoms with Crippen LogP contribution in [0.4, 0.5) is 0 Å². The van der Waals surface area contributed by atoms with Crippen molar-refractivity contribution in [1.29, 1.82) is 0 Å². The van der Waals surface area contributed by atoms with E-state index in [1.807, 2.05) is 6.08 Å². The molecule has 0 rings (SSSR count). The molecule has 0 heterocycles. The third-order valence-corrected chi connectivity index (χ3v) is 4.66. The summed E-state index contributed by atoms with van der Waals surface area (Å²) in [7, 11) is 0. The number of hydrogen-bond donors (Lipinski definition) is 0. The lowest BCUT2D eigenvalue weighted by Crippen LogP contribution is -1.98. The van der Waals surface area contributed by atoms with Gasteiger partial charge in [-0.3, -0.25) is 4.79 Å². The summed E-state index contributed by atoms with van der Waals surface area (Å²) in [4.78, 5) is 11.5. The Balaban J connectivity index is 3.24. The number of rotatable bonds is 19. The quantitative estimate of drug-likeness (QED) is 0.0997. The summed E-state index contributed by atoms with van der Waals surface area (Å²) in [6, 6.07) is 0. The predicted molar refractivity (Wildman–Crippen MR) is 114 cm³/mol. The molecule has 0 aliphatic rings. The molecule has 0 amide bonds. The normalized spacial score (nSPS) is 11.6. The van der Waals surface area contributed by atoms with E-state index in [1.54, 1.807) is 6.26 Å². The Morgan fingerprint density at radius 3 is 1.73 bits per heavy atom. The first kappa shape index (κ1) is 24.9. The van der Waals surface area contributed by atoms with Gasteiger partial charge in [-0.25, -0.2) is 0 Å². The maximum atomic E-state index is 11.5. The van der Waals surface area contributed by atoms with Crippen molar-refractivity contribution in [3.05, 3.63) is 24.5 Å². The highest BCUT2D eigenvalue weighted by Crippen LogP contribution is 2.10. The largest absolute Gasteiger partial charge is 0.435 e. The zero-order valence-electron chi connectivity index (χ0n) is 17.6. The van der Waals surface area contributed by atoms with E-state index >= 15 is 0 Å². The Morgan fingerprint density at radius 1 is 0.615 bits per heavy atom. The Morgan fingerprint density at radius 2 is 1.12 bits per heavy atom. The van der Waals surface area contributed by atoms with Gasteiger partial charge < -0.3 is 4.74 Å². The van der Waals surface area contributed by atoms with Gasteiger partial charge in [0.15, 0.2) is 0 Å². The Hall–Kier alpha value is -1.05. The van der Waals surface area contributed by atoms with Crippen LogP contribution in [0.5, 0.6) is 0 Å². The summed E-state index contributed by atoms with van der Waals surface area (Å²) in [5, 5.41) is 0. The minimum Gasteiger partial charge on any atom is -0.435 e. The number of hydrogen-bond acceptors (Lipinski definition) is 2. The fourth-order valence-electron chi connectivity index (χ4n) is 2.91. The summed E-state index contributed by atoms with van der Waals surface area (Å²) < 4.78 is 5.08. The van der Waals surface area contributed by atoms with Gasteiger partial charge in [-0.2, -0.15) is 0 Å². The molecule has 0 saturated carbocycles. The maximum Gasteiger partial charge on any atom is 0.310 e. The first-order valence-corrected chi connectivity index (χ1v) is 11.3. The zero-order chi connectivity index (χ0) is 19.1. The molecule has 0 radical (unpaired) electrons. The van der Waals surface area contributed by atoms with Crippen molar-refractivity contribution >= 4 is 5.97 Å². The molecule has 152 valence electrons. The van der Waals surface area contributed by atoms with Crippen LogP contribution < -0.4 is 0 Å². The molecule has 0 saturated heterocycles. The van der Waals surface area contributed by atoms with Crippen molar-refractivity contribution in [2.24, 2.45) is 0 Å². The number of esters is 1. The SMILES string of the molecule is CCCC/C=C/OC(=O)CCCCCCC/C=C\CCCCCCCC.